The van der Waals surface area contributed by atoms with Crippen LogP contribution in [0.3, 0.4) is 0 Å². The van der Waals surface area contributed by atoms with Crippen LogP contribution in [0.5, 0.6) is 0 Å². The third kappa shape index (κ3) is 3.31. The van der Waals surface area contributed by atoms with Gasteiger partial charge in [0.15, 0.2) is 0 Å². The van der Waals surface area contributed by atoms with Crippen molar-refractivity contribution in [3.63, 3.8) is 0 Å². The number of aromatic nitrogens is 4. The van der Waals surface area contributed by atoms with Crippen molar-refractivity contribution >= 4 is 43.5 Å². The molecule has 0 bridgehead atoms. The maximum Gasteiger partial charge on any atom is 0.0950 e. The monoisotopic (exact) mass is 502 g/mol. The Morgan fingerprint density at radius 2 is 1.54 bits per heavy atom. The lowest BCUT2D eigenvalue weighted by molar-refractivity contribution is 0.499. The van der Waals surface area contributed by atoms with Gasteiger partial charge in [-0.2, -0.15) is 10.2 Å². The molecule has 0 spiro atoms. The number of para-hydroxylation sites is 1. The fourth-order valence-electron chi connectivity index (χ4n) is 6.32. The lowest BCUT2D eigenvalue weighted by Crippen LogP contribution is -2.14. The standard InChI is InChI=1S/C35H26N4/c1-23-9-5-7-13-31(23)38-20-19-29-32(38)18-16-25-15-17-28-27-12-6-8-14-33(27)39(35(28)34(25)29)26-21-30(37-36-22-26)24-10-3-2-4-11-24/h2-23,31H,1H3. The fraction of sp³-hybridized carbons (Fsp3) is 0.0857. The molecule has 0 N–H and O–H groups in total. The second-order valence-corrected chi connectivity index (χ2v) is 10.4. The van der Waals surface area contributed by atoms with Crippen LogP contribution in [0.1, 0.15) is 13.0 Å². The van der Waals surface area contributed by atoms with E-state index in [0.29, 0.717) is 12.0 Å². The largest absolute Gasteiger partial charge is 0.340 e. The fourth-order valence-corrected chi connectivity index (χ4v) is 6.32. The van der Waals surface area contributed by atoms with Crippen LogP contribution in [-0.2, 0) is 0 Å². The van der Waals surface area contributed by atoms with E-state index >= 15 is 0 Å². The van der Waals surface area contributed by atoms with Gasteiger partial charge in [-0.15, -0.1) is 0 Å². The minimum Gasteiger partial charge on any atom is -0.340 e. The first-order valence-electron chi connectivity index (χ1n) is 13.5. The Bertz CT molecular complexity index is 2090. The molecule has 0 fully saturated rings. The van der Waals surface area contributed by atoms with Gasteiger partial charge in [-0.25, -0.2) is 0 Å². The summed E-state index contributed by atoms with van der Waals surface area (Å²) in [6.45, 7) is 2.29. The summed E-state index contributed by atoms with van der Waals surface area (Å²) >= 11 is 0. The molecule has 4 aromatic carbocycles. The maximum atomic E-state index is 4.48. The average molecular weight is 503 g/mol. The van der Waals surface area contributed by atoms with Crippen molar-refractivity contribution in [3.05, 3.63) is 128 Å². The summed E-state index contributed by atoms with van der Waals surface area (Å²) in [5.41, 5.74) is 6.55. The molecular weight excluding hydrogens is 476 g/mol. The highest BCUT2D eigenvalue weighted by molar-refractivity contribution is 6.25. The molecule has 2 unspecified atom stereocenters. The summed E-state index contributed by atoms with van der Waals surface area (Å²) in [7, 11) is 0. The van der Waals surface area contributed by atoms with E-state index in [-0.39, 0.29) is 0 Å². The lowest BCUT2D eigenvalue weighted by atomic mass is 9.96. The first kappa shape index (κ1) is 22.1. The van der Waals surface area contributed by atoms with Crippen molar-refractivity contribution in [3.8, 4) is 16.9 Å². The first-order chi connectivity index (χ1) is 19.3. The molecule has 3 heterocycles. The Morgan fingerprint density at radius 3 is 2.44 bits per heavy atom. The Labute approximate surface area is 226 Å². The summed E-state index contributed by atoms with van der Waals surface area (Å²) in [5, 5.41) is 15.2. The average Bonchev–Trinajstić information content (AvgIpc) is 3.57. The van der Waals surface area contributed by atoms with Crippen molar-refractivity contribution in [2.24, 2.45) is 5.92 Å². The van der Waals surface area contributed by atoms with Crippen LogP contribution in [0.25, 0.3) is 60.4 Å². The number of benzene rings is 4. The minimum absolute atomic E-state index is 0.299. The van der Waals surface area contributed by atoms with Crippen LogP contribution in [-0.4, -0.2) is 19.3 Å². The van der Waals surface area contributed by atoms with E-state index in [1.807, 2.05) is 24.4 Å². The third-order valence-electron chi connectivity index (χ3n) is 8.18. The zero-order valence-electron chi connectivity index (χ0n) is 21.6. The van der Waals surface area contributed by atoms with Crippen molar-refractivity contribution < 1.29 is 0 Å². The van der Waals surface area contributed by atoms with Gasteiger partial charge in [0.05, 0.1) is 34.7 Å². The summed E-state index contributed by atoms with van der Waals surface area (Å²) in [6.07, 6.45) is 13.0. The van der Waals surface area contributed by atoms with Crippen LogP contribution >= 0.6 is 0 Å². The summed E-state index contributed by atoms with van der Waals surface area (Å²) in [5.74, 6) is 0.433. The van der Waals surface area contributed by atoms with Crippen LogP contribution in [0, 0.1) is 5.92 Å². The number of hydrogen-bond donors (Lipinski definition) is 0. The van der Waals surface area contributed by atoms with E-state index in [2.05, 4.69) is 130 Å². The molecule has 1 aliphatic rings. The number of nitrogens with zero attached hydrogens (tertiary/aromatic N) is 4. The topological polar surface area (TPSA) is 35.6 Å². The smallest absolute Gasteiger partial charge is 0.0950 e. The minimum atomic E-state index is 0.299. The van der Waals surface area contributed by atoms with Gasteiger partial charge in [0, 0.05) is 38.8 Å². The number of rotatable bonds is 3. The quantitative estimate of drug-likeness (QED) is 0.242. The molecule has 186 valence electrons. The second-order valence-electron chi connectivity index (χ2n) is 10.4. The maximum absolute atomic E-state index is 4.48. The molecule has 2 atom stereocenters. The van der Waals surface area contributed by atoms with Crippen LogP contribution in [0.2, 0.25) is 0 Å². The predicted octanol–water partition coefficient (Wildman–Crippen LogP) is 8.65. The molecule has 7 aromatic rings. The summed E-state index contributed by atoms with van der Waals surface area (Å²) in [6, 6.07) is 32.7. The van der Waals surface area contributed by atoms with Crippen molar-refractivity contribution in [1.82, 2.24) is 19.3 Å². The van der Waals surface area contributed by atoms with Gasteiger partial charge < -0.3 is 9.13 Å². The van der Waals surface area contributed by atoms with Crippen molar-refractivity contribution in [1.29, 1.82) is 0 Å². The Morgan fingerprint density at radius 1 is 0.718 bits per heavy atom. The number of allylic oxidation sites excluding steroid dienone is 4. The Balaban J connectivity index is 1.47. The Kier molecular flexibility index (Phi) is 4.83. The lowest BCUT2D eigenvalue weighted by Gasteiger charge is -2.23. The van der Waals surface area contributed by atoms with E-state index < -0.39 is 0 Å². The molecule has 1 aliphatic carbocycles. The van der Waals surface area contributed by atoms with Gasteiger partial charge in [-0.05, 0) is 35.6 Å². The molecule has 0 aliphatic heterocycles. The molecule has 0 amide bonds. The first-order valence-corrected chi connectivity index (χ1v) is 13.5. The van der Waals surface area contributed by atoms with Gasteiger partial charge in [-0.3, -0.25) is 0 Å². The molecule has 39 heavy (non-hydrogen) atoms. The van der Waals surface area contributed by atoms with Gasteiger partial charge in [0.2, 0.25) is 0 Å². The molecule has 0 saturated carbocycles. The predicted molar refractivity (Wildman–Crippen MR) is 161 cm³/mol. The summed E-state index contributed by atoms with van der Waals surface area (Å²) in [4.78, 5) is 0. The van der Waals surface area contributed by atoms with Gasteiger partial charge in [0.25, 0.3) is 0 Å². The highest BCUT2D eigenvalue weighted by atomic mass is 15.1. The zero-order chi connectivity index (χ0) is 25.9. The number of fused-ring (bicyclic) bond motifs is 7. The SMILES string of the molecule is CC1C=CC=CC1n1ccc2c3c(ccc4c5ccccc5n(-c5cnnc(-c6ccccc6)c5)c43)ccc21. The molecule has 0 radical (unpaired) electrons. The molecule has 8 rings (SSSR count). The molecule has 0 saturated heterocycles. The van der Waals surface area contributed by atoms with E-state index in [9.17, 15) is 0 Å². The van der Waals surface area contributed by atoms with E-state index in [0.717, 1.165) is 22.5 Å². The van der Waals surface area contributed by atoms with Crippen molar-refractivity contribution in [2.75, 3.05) is 0 Å². The Hall–Kier alpha value is -4.96. The van der Waals surface area contributed by atoms with Gasteiger partial charge in [0.1, 0.15) is 0 Å². The normalized spacial score (nSPS) is 17.2. The third-order valence-corrected chi connectivity index (χ3v) is 8.18. The van der Waals surface area contributed by atoms with Gasteiger partial charge in [-0.1, -0.05) is 98.0 Å². The van der Waals surface area contributed by atoms with E-state index in [1.165, 1.54) is 38.0 Å². The van der Waals surface area contributed by atoms with Gasteiger partial charge >= 0.3 is 0 Å². The number of hydrogen-bond acceptors (Lipinski definition) is 2. The van der Waals surface area contributed by atoms with Crippen LogP contribution < -0.4 is 0 Å². The van der Waals surface area contributed by atoms with Crippen LogP contribution in [0.4, 0.5) is 0 Å². The molecule has 3 aromatic heterocycles. The molecule has 4 heteroatoms. The van der Waals surface area contributed by atoms with Crippen LogP contribution in [0.15, 0.2) is 128 Å². The summed E-state index contributed by atoms with van der Waals surface area (Å²) < 4.78 is 4.80. The van der Waals surface area contributed by atoms with Crippen molar-refractivity contribution in [2.45, 2.75) is 13.0 Å². The highest BCUT2D eigenvalue weighted by Crippen LogP contribution is 2.41. The van der Waals surface area contributed by atoms with E-state index in [4.69, 9.17) is 0 Å². The molecular formula is C35H26N4. The molecule has 4 nitrogen and oxygen atoms in total. The zero-order valence-corrected chi connectivity index (χ0v) is 21.6. The van der Waals surface area contributed by atoms with E-state index in [1.54, 1.807) is 0 Å². The highest BCUT2D eigenvalue weighted by Gasteiger charge is 2.21. The second kappa shape index (κ2) is 8.53.